The van der Waals surface area contributed by atoms with Crippen molar-refractivity contribution in [3.63, 3.8) is 0 Å². The molecule has 9 aromatic carbocycles. The zero-order valence-corrected chi connectivity index (χ0v) is 33.3. The van der Waals surface area contributed by atoms with Crippen molar-refractivity contribution >= 4 is 0 Å². The summed E-state index contributed by atoms with van der Waals surface area (Å²) in [6, 6.07) is 83.5. The van der Waals surface area contributed by atoms with Gasteiger partial charge in [-0.1, -0.05) is 212 Å². The highest BCUT2D eigenvalue weighted by Crippen LogP contribution is 2.61. The van der Waals surface area contributed by atoms with Gasteiger partial charge in [0.15, 0.2) is 5.82 Å². The molecular formula is C59H38N2. The monoisotopic (exact) mass is 774 g/mol. The molecule has 2 nitrogen and oxygen atoms in total. The number of rotatable bonds is 5. The molecule has 61 heavy (non-hydrogen) atoms. The molecule has 10 aromatic rings. The van der Waals surface area contributed by atoms with Gasteiger partial charge in [-0.3, -0.25) is 0 Å². The third-order valence-electron chi connectivity index (χ3n) is 12.8. The summed E-state index contributed by atoms with van der Waals surface area (Å²) in [7, 11) is 0. The Kier molecular flexibility index (Phi) is 8.11. The minimum absolute atomic E-state index is 0.537. The van der Waals surface area contributed by atoms with E-state index in [1.54, 1.807) is 0 Å². The highest BCUT2D eigenvalue weighted by atomic mass is 14.9. The molecule has 284 valence electrons. The molecule has 12 rings (SSSR count). The number of hydrogen-bond acceptors (Lipinski definition) is 2. The van der Waals surface area contributed by atoms with Gasteiger partial charge in [-0.05, 0) is 96.1 Å². The van der Waals surface area contributed by atoms with Crippen LogP contribution in [0.2, 0.25) is 0 Å². The van der Waals surface area contributed by atoms with Crippen LogP contribution in [0.1, 0.15) is 22.3 Å². The van der Waals surface area contributed by atoms with Crippen molar-refractivity contribution in [1.29, 1.82) is 0 Å². The first-order valence-corrected chi connectivity index (χ1v) is 21.0. The first kappa shape index (κ1) is 35.0. The lowest BCUT2D eigenvalue weighted by atomic mass is 9.66. The molecule has 0 fully saturated rings. The van der Waals surface area contributed by atoms with Gasteiger partial charge in [-0.15, -0.1) is 0 Å². The molecule has 2 heteroatoms. The zero-order valence-electron chi connectivity index (χ0n) is 33.3. The van der Waals surface area contributed by atoms with Crippen LogP contribution in [0.5, 0.6) is 0 Å². The summed E-state index contributed by atoms with van der Waals surface area (Å²) < 4.78 is 0. The van der Waals surface area contributed by atoms with Gasteiger partial charge in [0.2, 0.25) is 0 Å². The van der Waals surface area contributed by atoms with Crippen molar-refractivity contribution in [2.75, 3.05) is 0 Å². The number of benzene rings is 9. The summed E-state index contributed by atoms with van der Waals surface area (Å²) in [5.41, 5.74) is 21.6. The summed E-state index contributed by atoms with van der Waals surface area (Å²) in [5.74, 6) is 0.693. The maximum Gasteiger partial charge on any atom is 0.161 e. The Morgan fingerprint density at radius 1 is 0.230 bits per heavy atom. The highest BCUT2D eigenvalue weighted by molar-refractivity contribution is 5.98. The molecule has 0 unspecified atom stereocenters. The van der Waals surface area contributed by atoms with Crippen molar-refractivity contribution in [2.24, 2.45) is 0 Å². The zero-order chi connectivity index (χ0) is 40.3. The molecule has 0 radical (unpaired) electrons. The van der Waals surface area contributed by atoms with E-state index in [2.05, 4.69) is 231 Å². The lowest BCUT2D eigenvalue weighted by Gasteiger charge is -2.35. The fraction of sp³-hybridized carbons (Fsp3) is 0.0169. The van der Waals surface area contributed by atoms with Crippen LogP contribution in [-0.2, 0) is 5.41 Å². The Morgan fingerprint density at radius 2 is 0.639 bits per heavy atom. The van der Waals surface area contributed by atoms with Crippen LogP contribution in [0.15, 0.2) is 231 Å². The molecule has 0 atom stereocenters. The van der Waals surface area contributed by atoms with Gasteiger partial charge in [0.1, 0.15) is 0 Å². The first-order valence-electron chi connectivity index (χ1n) is 21.0. The number of aromatic nitrogens is 2. The Bertz CT molecular complexity index is 3240. The number of hydrogen-bond donors (Lipinski definition) is 0. The smallest absolute Gasteiger partial charge is 0.161 e. The fourth-order valence-electron chi connectivity index (χ4n) is 10.1. The van der Waals surface area contributed by atoms with E-state index in [0.29, 0.717) is 5.82 Å². The molecule has 1 aromatic heterocycles. The van der Waals surface area contributed by atoms with Crippen molar-refractivity contribution < 1.29 is 0 Å². The molecule has 0 saturated heterocycles. The van der Waals surface area contributed by atoms with E-state index in [4.69, 9.17) is 9.97 Å². The SMILES string of the molecule is c1ccc(-c2cccc(-c3cc(-c4ccc5c(c4)-c4ccccc4C54c5ccccc5-c5ccccc5-c5ccccc54)nc(-c4ccccc4-c4ccccc4)n3)c2)cc1. The Hall–Kier alpha value is -7.94. The van der Waals surface area contributed by atoms with Gasteiger partial charge in [0.05, 0.1) is 16.8 Å². The number of fused-ring (bicyclic) bond motifs is 12. The lowest BCUT2D eigenvalue weighted by molar-refractivity contribution is 0.775. The summed E-state index contributed by atoms with van der Waals surface area (Å²) in [6.45, 7) is 0. The second kappa shape index (κ2) is 14.1. The molecule has 2 aliphatic carbocycles. The molecule has 2 aliphatic rings. The van der Waals surface area contributed by atoms with Gasteiger partial charge in [-0.25, -0.2) is 9.97 Å². The molecular weight excluding hydrogens is 737 g/mol. The maximum atomic E-state index is 5.45. The fourth-order valence-corrected chi connectivity index (χ4v) is 10.1. The van der Waals surface area contributed by atoms with Crippen molar-refractivity contribution in [3.8, 4) is 89.5 Å². The van der Waals surface area contributed by atoms with Gasteiger partial charge >= 0.3 is 0 Å². The van der Waals surface area contributed by atoms with Gasteiger partial charge < -0.3 is 0 Å². The number of nitrogens with zero attached hydrogens (tertiary/aromatic N) is 2. The summed E-state index contributed by atoms with van der Waals surface area (Å²) in [4.78, 5) is 10.8. The molecule has 0 N–H and O–H groups in total. The minimum atomic E-state index is -0.537. The summed E-state index contributed by atoms with van der Waals surface area (Å²) in [6.07, 6.45) is 0. The van der Waals surface area contributed by atoms with E-state index in [0.717, 1.165) is 44.8 Å². The molecule has 0 bridgehead atoms. The minimum Gasteiger partial charge on any atom is -0.228 e. The third kappa shape index (κ3) is 5.50. The maximum absolute atomic E-state index is 5.45. The molecule has 0 aliphatic heterocycles. The quantitative estimate of drug-likeness (QED) is 0.174. The molecule has 0 amide bonds. The van der Waals surface area contributed by atoms with E-state index in [1.807, 2.05) is 0 Å². The molecule has 1 heterocycles. The first-order chi connectivity index (χ1) is 30.3. The van der Waals surface area contributed by atoms with Crippen LogP contribution in [0, 0.1) is 0 Å². The van der Waals surface area contributed by atoms with E-state index >= 15 is 0 Å². The van der Waals surface area contributed by atoms with E-state index in [1.165, 1.54) is 61.2 Å². The van der Waals surface area contributed by atoms with Crippen LogP contribution in [0.25, 0.3) is 89.5 Å². The predicted molar refractivity (Wildman–Crippen MR) is 251 cm³/mol. The Morgan fingerprint density at radius 3 is 1.23 bits per heavy atom. The van der Waals surface area contributed by atoms with Crippen LogP contribution >= 0.6 is 0 Å². The summed E-state index contributed by atoms with van der Waals surface area (Å²) >= 11 is 0. The average molecular weight is 775 g/mol. The van der Waals surface area contributed by atoms with Crippen LogP contribution in [-0.4, -0.2) is 9.97 Å². The normalized spacial score (nSPS) is 12.7. The standard InChI is InChI=1S/C59H38N2/c1-3-18-39(19-4-1)41-22-17-23-42(36-41)56-38-57(61-58(60-56)50-30-10-7-24-44(50)40-20-5-2-6-21-40)43-34-35-55-51(37-43)49-29-13-16-33-54(49)59(55)52-31-14-11-27-47(52)45-25-8-9-26-46(45)48-28-12-15-32-53(48)59/h1-38H. The van der Waals surface area contributed by atoms with E-state index in [9.17, 15) is 0 Å². The predicted octanol–water partition coefficient (Wildman–Crippen LogP) is 14.8. The molecule has 0 saturated carbocycles. The van der Waals surface area contributed by atoms with Gasteiger partial charge in [0, 0.05) is 16.7 Å². The molecule has 1 spiro atoms. The second-order valence-electron chi connectivity index (χ2n) is 16.0. The van der Waals surface area contributed by atoms with Gasteiger partial charge in [0.25, 0.3) is 0 Å². The highest BCUT2D eigenvalue weighted by Gasteiger charge is 2.49. The van der Waals surface area contributed by atoms with E-state index < -0.39 is 5.41 Å². The van der Waals surface area contributed by atoms with E-state index in [-0.39, 0.29) is 0 Å². The Balaban J connectivity index is 1.10. The Labute approximate surface area is 356 Å². The third-order valence-corrected chi connectivity index (χ3v) is 12.8. The van der Waals surface area contributed by atoms with Gasteiger partial charge in [-0.2, -0.15) is 0 Å². The summed E-state index contributed by atoms with van der Waals surface area (Å²) in [5, 5.41) is 0. The topological polar surface area (TPSA) is 25.8 Å². The second-order valence-corrected chi connectivity index (χ2v) is 16.0. The van der Waals surface area contributed by atoms with Crippen molar-refractivity contribution in [2.45, 2.75) is 5.41 Å². The largest absolute Gasteiger partial charge is 0.228 e. The van der Waals surface area contributed by atoms with Crippen LogP contribution in [0.4, 0.5) is 0 Å². The van der Waals surface area contributed by atoms with Crippen LogP contribution < -0.4 is 0 Å². The average Bonchev–Trinajstić information content (AvgIpc) is 3.58. The van der Waals surface area contributed by atoms with Crippen molar-refractivity contribution in [3.05, 3.63) is 253 Å². The lowest BCUT2D eigenvalue weighted by Crippen LogP contribution is -2.29. The van der Waals surface area contributed by atoms with Crippen LogP contribution in [0.3, 0.4) is 0 Å². The van der Waals surface area contributed by atoms with Crippen molar-refractivity contribution in [1.82, 2.24) is 9.97 Å².